The van der Waals surface area contributed by atoms with Crippen LogP contribution < -0.4 is 0 Å². The predicted molar refractivity (Wildman–Crippen MR) is 64.7 cm³/mol. The molecule has 2 heteroatoms. The number of aliphatic hydroxyl groups is 1. The summed E-state index contributed by atoms with van der Waals surface area (Å²) < 4.78 is 0. The minimum atomic E-state index is -0.645. The largest absolute Gasteiger partial charge is 0.508 e. The molecule has 0 amide bonds. The van der Waals surface area contributed by atoms with Crippen LogP contribution in [0.2, 0.25) is 0 Å². The maximum Gasteiger partial charge on any atom is 0.115 e. The van der Waals surface area contributed by atoms with Crippen molar-refractivity contribution in [2.45, 2.75) is 51.0 Å². The summed E-state index contributed by atoms with van der Waals surface area (Å²) >= 11 is 0. The van der Waals surface area contributed by atoms with Crippen LogP contribution in [0.3, 0.4) is 0 Å². The molecule has 16 heavy (non-hydrogen) atoms. The highest BCUT2D eigenvalue weighted by Crippen LogP contribution is 2.44. The van der Waals surface area contributed by atoms with Crippen molar-refractivity contribution in [1.82, 2.24) is 0 Å². The molecule has 0 fully saturated rings. The third-order valence-electron chi connectivity index (χ3n) is 3.51. The standard InChI is InChI=1S/C14H20O2/c1-13(2,16)9-14(3)7-6-10-8-11(15)4-5-12(10)14/h4-5,8,15-16H,6-7,9H2,1-3H3. The van der Waals surface area contributed by atoms with Crippen LogP contribution >= 0.6 is 0 Å². The first-order valence-corrected chi connectivity index (χ1v) is 5.85. The molecule has 2 nitrogen and oxygen atoms in total. The molecule has 1 aliphatic rings. The number of aromatic hydroxyl groups is 1. The minimum Gasteiger partial charge on any atom is -0.508 e. The Morgan fingerprint density at radius 3 is 2.69 bits per heavy atom. The topological polar surface area (TPSA) is 40.5 Å². The molecule has 0 aromatic heterocycles. The molecule has 0 bridgehead atoms. The normalized spacial score (nSPS) is 24.5. The summed E-state index contributed by atoms with van der Waals surface area (Å²) in [6.07, 6.45) is 2.81. The molecule has 1 aliphatic carbocycles. The van der Waals surface area contributed by atoms with Gasteiger partial charge in [0.1, 0.15) is 5.75 Å². The van der Waals surface area contributed by atoms with Gasteiger partial charge in [0.05, 0.1) is 5.60 Å². The van der Waals surface area contributed by atoms with E-state index in [1.165, 1.54) is 11.1 Å². The highest BCUT2D eigenvalue weighted by Gasteiger charge is 2.38. The first-order valence-electron chi connectivity index (χ1n) is 5.85. The highest BCUT2D eigenvalue weighted by atomic mass is 16.3. The van der Waals surface area contributed by atoms with Gasteiger partial charge in [0, 0.05) is 0 Å². The zero-order valence-corrected chi connectivity index (χ0v) is 10.2. The Labute approximate surface area is 96.9 Å². The van der Waals surface area contributed by atoms with Gasteiger partial charge in [0.2, 0.25) is 0 Å². The second kappa shape index (κ2) is 3.49. The summed E-state index contributed by atoms with van der Waals surface area (Å²) in [6, 6.07) is 5.60. The second-order valence-electron chi connectivity index (χ2n) is 5.89. The van der Waals surface area contributed by atoms with Gasteiger partial charge >= 0.3 is 0 Å². The van der Waals surface area contributed by atoms with Crippen LogP contribution in [-0.2, 0) is 11.8 Å². The van der Waals surface area contributed by atoms with Crippen molar-refractivity contribution in [2.75, 3.05) is 0 Å². The van der Waals surface area contributed by atoms with E-state index >= 15 is 0 Å². The summed E-state index contributed by atoms with van der Waals surface area (Å²) in [5.41, 5.74) is 1.91. The van der Waals surface area contributed by atoms with Gasteiger partial charge in [0.15, 0.2) is 0 Å². The predicted octanol–water partition coefficient (Wildman–Crippen LogP) is 2.76. The van der Waals surface area contributed by atoms with Crippen LogP contribution in [-0.4, -0.2) is 15.8 Å². The van der Waals surface area contributed by atoms with Gasteiger partial charge in [-0.15, -0.1) is 0 Å². The van der Waals surface area contributed by atoms with Gasteiger partial charge in [-0.25, -0.2) is 0 Å². The van der Waals surface area contributed by atoms with E-state index in [4.69, 9.17) is 0 Å². The third-order valence-corrected chi connectivity index (χ3v) is 3.51. The Morgan fingerprint density at radius 2 is 2.06 bits per heavy atom. The number of aryl methyl sites for hydroxylation is 1. The Hall–Kier alpha value is -1.02. The first-order chi connectivity index (χ1) is 7.30. The number of hydrogen-bond donors (Lipinski definition) is 2. The van der Waals surface area contributed by atoms with Crippen molar-refractivity contribution in [1.29, 1.82) is 0 Å². The SMILES string of the molecule is CC(C)(O)CC1(C)CCc2cc(O)ccc21. The summed E-state index contributed by atoms with van der Waals surface area (Å²) in [7, 11) is 0. The Bertz CT molecular complexity index is 404. The van der Waals surface area contributed by atoms with Gasteiger partial charge in [-0.1, -0.05) is 13.0 Å². The number of phenolic OH excluding ortho intramolecular Hbond substituents is 1. The van der Waals surface area contributed by atoms with Gasteiger partial charge in [0.25, 0.3) is 0 Å². The van der Waals surface area contributed by atoms with E-state index in [0.29, 0.717) is 5.75 Å². The van der Waals surface area contributed by atoms with Crippen LogP contribution in [0.15, 0.2) is 18.2 Å². The zero-order valence-electron chi connectivity index (χ0n) is 10.2. The zero-order chi connectivity index (χ0) is 12.0. The molecule has 0 spiro atoms. The molecule has 0 aliphatic heterocycles. The number of rotatable bonds is 2. The molecule has 0 saturated heterocycles. The summed E-state index contributed by atoms with van der Waals surface area (Å²) in [5.74, 6) is 0.339. The van der Waals surface area contributed by atoms with E-state index in [1.54, 1.807) is 6.07 Å². The molecule has 0 radical (unpaired) electrons. The molecular weight excluding hydrogens is 200 g/mol. The smallest absolute Gasteiger partial charge is 0.115 e. The Balaban J connectivity index is 2.35. The minimum absolute atomic E-state index is 0.0429. The van der Waals surface area contributed by atoms with E-state index in [9.17, 15) is 10.2 Å². The van der Waals surface area contributed by atoms with E-state index in [2.05, 4.69) is 6.92 Å². The van der Waals surface area contributed by atoms with Crippen molar-refractivity contribution in [2.24, 2.45) is 0 Å². The molecule has 1 aromatic rings. The lowest BCUT2D eigenvalue weighted by atomic mass is 9.76. The average Bonchev–Trinajstić information content (AvgIpc) is 2.40. The molecule has 2 rings (SSSR count). The maximum atomic E-state index is 9.97. The molecule has 1 aromatic carbocycles. The summed E-state index contributed by atoms with van der Waals surface area (Å²) in [5, 5.41) is 19.4. The monoisotopic (exact) mass is 220 g/mol. The quantitative estimate of drug-likeness (QED) is 0.804. The Morgan fingerprint density at radius 1 is 1.38 bits per heavy atom. The molecule has 88 valence electrons. The van der Waals surface area contributed by atoms with Crippen molar-refractivity contribution in [3.63, 3.8) is 0 Å². The van der Waals surface area contributed by atoms with Gasteiger partial charge < -0.3 is 10.2 Å². The van der Waals surface area contributed by atoms with E-state index in [1.807, 2.05) is 26.0 Å². The number of phenols is 1. The van der Waals surface area contributed by atoms with E-state index < -0.39 is 5.60 Å². The second-order valence-corrected chi connectivity index (χ2v) is 5.89. The van der Waals surface area contributed by atoms with Crippen LogP contribution in [0.5, 0.6) is 5.75 Å². The van der Waals surface area contributed by atoms with Crippen LogP contribution in [0.25, 0.3) is 0 Å². The van der Waals surface area contributed by atoms with Crippen molar-refractivity contribution in [3.05, 3.63) is 29.3 Å². The van der Waals surface area contributed by atoms with Gasteiger partial charge in [-0.2, -0.15) is 0 Å². The molecule has 1 unspecified atom stereocenters. The van der Waals surface area contributed by atoms with Crippen molar-refractivity contribution >= 4 is 0 Å². The Kier molecular flexibility index (Phi) is 2.50. The van der Waals surface area contributed by atoms with Gasteiger partial charge in [-0.3, -0.25) is 0 Å². The van der Waals surface area contributed by atoms with E-state index in [0.717, 1.165) is 19.3 Å². The average molecular weight is 220 g/mol. The number of hydrogen-bond acceptors (Lipinski definition) is 2. The number of fused-ring (bicyclic) bond motifs is 1. The van der Waals surface area contributed by atoms with Crippen LogP contribution in [0, 0.1) is 0 Å². The van der Waals surface area contributed by atoms with Crippen molar-refractivity contribution < 1.29 is 10.2 Å². The fraction of sp³-hybridized carbons (Fsp3) is 0.571. The van der Waals surface area contributed by atoms with Crippen LogP contribution in [0.4, 0.5) is 0 Å². The molecular formula is C14H20O2. The lowest BCUT2D eigenvalue weighted by Gasteiger charge is -2.32. The lowest BCUT2D eigenvalue weighted by Crippen LogP contribution is -2.31. The maximum absolute atomic E-state index is 9.97. The molecule has 2 N–H and O–H groups in total. The van der Waals surface area contributed by atoms with Gasteiger partial charge in [-0.05, 0) is 61.8 Å². The summed E-state index contributed by atoms with van der Waals surface area (Å²) in [4.78, 5) is 0. The number of benzene rings is 1. The highest BCUT2D eigenvalue weighted by molar-refractivity contribution is 5.43. The van der Waals surface area contributed by atoms with E-state index in [-0.39, 0.29) is 5.41 Å². The lowest BCUT2D eigenvalue weighted by molar-refractivity contribution is 0.0470. The molecule has 0 saturated carbocycles. The third kappa shape index (κ3) is 2.07. The summed E-state index contributed by atoms with van der Waals surface area (Å²) in [6.45, 7) is 5.92. The fourth-order valence-electron chi connectivity index (χ4n) is 3.06. The van der Waals surface area contributed by atoms with Crippen molar-refractivity contribution in [3.8, 4) is 5.75 Å². The fourth-order valence-corrected chi connectivity index (χ4v) is 3.06. The first kappa shape index (κ1) is 11.5. The van der Waals surface area contributed by atoms with Crippen LogP contribution in [0.1, 0.15) is 44.7 Å². The molecule has 0 heterocycles. The molecule has 1 atom stereocenters.